The molecule has 0 aromatic heterocycles. The number of anilines is 2. The fraction of sp³-hybridized carbons (Fsp3) is 0.381. The first kappa shape index (κ1) is 18.2. The summed E-state index contributed by atoms with van der Waals surface area (Å²) in [5.74, 6) is 0.272. The molecule has 2 aromatic rings. The molecule has 1 heterocycles. The Morgan fingerprint density at radius 3 is 2.38 bits per heavy atom. The van der Waals surface area contributed by atoms with Crippen molar-refractivity contribution in [3.05, 3.63) is 59.9 Å². The van der Waals surface area contributed by atoms with Crippen molar-refractivity contribution in [2.75, 3.05) is 42.9 Å². The van der Waals surface area contributed by atoms with E-state index in [2.05, 4.69) is 25.2 Å². The average molecular weight is 355 g/mol. The number of nitrogens with zero attached hydrogens (tertiary/aromatic N) is 2. The maximum atomic E-state index is 13.9. The Hall–Kier alpha value is -2.56. The largest absolute Gasteiger partial charge is 0.376 e. The number of carbonyl (C=O) groups is 1. The van der Waals surface area contributed by atoms with Gasteiger partial charge in [0.05, 0.1) is 12.2 Å². The third-order valence-corrected chi connectivity index (χ3v) is 4.84. The predicted octanol–water partition coefficient (Wildman–Crippen LogP) is 3.71. The van der Waals surface area contributed by atoms with E-state index >= 15 is 0 Å². The number of amides is 1. The molecule has 0 atom stereocenters. The highest BCUT2D eigenvalue weighted by Gasteiger charge is 2.22. The molecule has 1 amide bonds. The Balaban J connectivity index is 1.54. The van der Waals surface area contributed by atoms with Gasteiger partial charge in [-0.15, -0.1) is 0 Å². The zero-order valence-corrected chi connectivity index (χ0v) is 15.4. The SMILES string of the molecule is CC(C)c1ccccc1NCC(=O)N1CCN(c2ccccc2F)CC1. The first-order valence-corrected chi connectivity index (χ1v) is 9.16. The zero-order valence-electron chi connectivity index (χ0n) is 15.4. The number of carbonyl (C=O) groups excluding carboxylic acids is 1. The summed E-state index contributed by atoms with van der Waals surface area (Å²) in [6.07, 6.45) is 0. The fourth-order valence-electron chi connectivity index (χ4n) is 3.35. The van der Waals surface area contributed by atoms with E-state index in [1.807, 2.05) is 34.1 Å². The van der Waals surface area contributed by atoms with Crippen molar-refractivity contribution >= 4 is 17.3 Å². The zero-order chi connectivity index (χ0) is 18.5. The van der Waals surface area contributed by atoms with Crippen LogP contribution in [0.15, 0.2) is 48.5 Å². The number of para-hydroxylation sites is 2. The van der Waals surface area contributed by atoms with E-state index in [4.69, 9.17) is 0 Å². The maximum absolute atomic E-state index is 13.9. The van der Waals surface area contributed by atoms with E-state index in [0.717, 1.165) is 5.69 Å². The van der Waals surface area contributed by atoms with Gasteiger partial charge >= 0.3 is 0 Å². The monoisotopic (exact) mass is 355 g/mol. The van der Waals surface area contributed by atoms with Gasteiger partial charge in [0.15, 0.2) is 0 Å². The molecule has 138 valence electrons. The molecule has 26 heavy (non-hydrogen) atoms. The van der Waals surface area contributed by atoms with Crippen LogP contribution in [-0.4, -0.2) is 43.5 Å². The van der Waals surface area contributed by atoms with Crippen LogP contribution in [0.25, 0.3) is 0 Å². The molecule has 4 nitrogen and oxygen atoms in total. The van der Waals surface area contributed by atoms with Gasteiger partial charge in [0.2, 0.25) is 5.91 Å². The minimum Gasteiger partial charge on any atom is -0.376 e. The van der Waals surface area contributed by atoms with E-state index in [9.17, 15) is 9.18 Å². The molecule has 2 aromatic carbocycles. The maximum Gasteiger partial charge on any atom is 0.241 e. The smallest absolute Gasteiger partial charge is 0.241 e. The summed E-state index contributed by atoms with van der Waals surface area (Å²) in [5, 5.41) is 3.28. The molecule has 0 bridgehead atoms. The summed E-state index contributed by atoms with van der Waals surface area (Å²) in [4.78, 5) is 16.4. The Bertz CT molecular complexity index is 754. The average Bonchev–Trinajstić information content (AvgIpc) is 2.67. The summed E-state index contributed by atoms with van der Waals surface area (Å²) in [5.41, 5.74) is 2.84. The molecule has 1 N–H and O–H groups in total. The van der Waals surface area contributed by atoms with Gasteiger partial charge in [-0.3, -0.25) is 4.79 Å². The normalized spacial score (nSPS) is 14.6. The molecule has 0 spiro atoms. The lowest BCUT2D eigenvalue weighted by Gasteiger charge is -2.36. The Morgan fingerprint density at radius 2 is 1.69 bits per heavy atom. The van der Waals surface area contributed by atoms with Crippen molar-refractivity contribution in [1.82, 2.24) is 4.90 Å². The van der Waals surface area contributed by atoms with Gasteiger partial charge in [0.25, 0.3) is 0 Å². The Kier molecular flexibility index (Phi) is 5.76. The van der Waals surface area contributed by atoms with Gasteiger partial charge in [0.1, 0.15) is 5.82 Å². The third kappa shape index (κ3) is 4.15. The number of hydrogen-bond acceptors (Lipinski definition) is 3. The molecule has 1 fully saturated rings. The Labute approximate surface area is 154 Å². The highest BCUT2D eigenvalue weighted by atomic mass is 19.1. The molecule has 1 saturated heterocycles. The predicted molar refractivity (Wildman–Crippen MR) is 104 cm³/mol. The van der Waals surface area contributed by atoms with Crippen LogP contribution >= 0.6 is 0 Å². The van der Waals surface area contributed by atoms with Gasteiger partial charge in [-0.1, -0.05) is 44.2 Å². The summed E-state index contributed by atoms with van der Waals surface area (Å²) >= 11 is 0. The van der Waals surface area contributed by atoms with E-state index in [-0.39, 0.29) is 18.3 Å². The minimum atomic E-state index is -0.209. The first-order valence-electron chi connectivity index (χ1n) is 9.16. The number of benzene rings is 2. The van der Waals surface area contributed by atoms with Crippen LogP contribution in [0.2, 0.25) is 0 Å². The summed E-state index contributed by atoms with van der Waals surface area (Å²) < 4.78 is 13.9. The standard InChI is InChI=1S/C21H26FN3O/c1-16(2)17-7-3-5-9-19(17)23-15-21(26)25-13-11-24(12-14-25)20-10-6-4-8-18(20)22/h3-10,16,23H,11-15H2,1-2H3. The van der Waals surface area contributed by atoms with Crippen molar-refractivity contribution in [2.45, 2.75) is 19.8 Å². The highest BCUT2D eigenvalue weighted by molar-refractivity contribution is 5.81. The van der Waals surface area contributed by atoms with Gasteiger partial charge in [-0.05, 0) is 29.7 Å². The third-order valence-electron chi connectivity index (χ3n) is 4.84. The lowest BCUT2D eigenvalue weighted by Crippen LogP contribution is -2.50. The molecule has 0 unspecified atom stereocenters. The fourth-order valence-corrected chi connectivity index (χ4v) is 3.35. The summed E-state index contributed by atoms with van der Waals surface area (Å²) in [6, 6.07) is 14.9. The van der Waals surface area contributed by atoms with Crippen molar-refractivity contribution in [3.8, 4) is 0 Å². The summed E-state index contributed by atoms with van der Waals surface area (Å²) in [6.45, 7) is 7.09. The van der Waals surface area contributed by atoms with Crippen LogP contribution in [0, 0.1) is 5.82 Å². The second-order valence-corrected chi connectivity index (χ2v) is 6.91. The topological polar surface area (TPSA) is 35.6 Å². The summed E-state index contributed by atoms with van der Waals surface area (Å²) in [7, 11) is 0. The number of hydrogen-bond donors (Lipinski definition) is 1. The molecular weight excluding hydrogens is 329 g/mol. The highest BCUT2D eigenvalue weighted by Crippen LogP contribution is 2.24. The second-order valence-electron chi connectivity index (χ2n) is 6.91. The van der Waals surface area contributed by atoms with E-state index in [0.29, 0.717) is 37.8 Å². The number of rotatable bonds is 5. The quantitative estimate of drug-likeness (QED) is 0.888. The molecule has 3 rings (SSSR count). The number of nitrogens with one attached hydrogen (secondary N) is 1. The molecular formula is C21H26FN3O. The molecule has 0 saturated carbocycles. The molecule has 0 aliphatic carbocycles. The van der Waals surface area contributed by atoms with Crippen molar-refractivity contribution in [3.63, 3.8) is 0 Å². The van der Waals surface area contributed by atoms with Gasteiger partial charge in [-0.2, -0.15) is 0 Å². The van der Waals surface area contributed by atoms with Gasteiger partial charge < -0.3 is 15.1 Å². The van der Waals surface area contributed by atoms with Crippen LogP contribution in [0.4, 0.5) is 15.8 Å². The first-order chi connectivity index (χ1) is 12.6. The van der Waals surface area contributed by atoms with Crippen molar-refractivity contribution in [2.24, 2.45) is 0 Å². The molecule has 1 aliphatic heterocycles. The van der Waals surface area contributed by atoms with Crippen LogP contribution in [0.3, 0.4) is 0 Å². The molecule has 5 heteroatoms. The number of halogens is 1. The van der Waals surface area contributed by atoms with Crippen LogP contribution in [-0.2, 0) is 4.79 Å². The van der Waals surface area contributed by atoms with Gasteiger partial charge in [-0.25, -0.2) is 4.39 Å². The van der Waals surface area contributed by atoms with Crippen LogP contribution in [0.5, 0.6) is 0 Å². The Morgan fingerprint density at radius 1 is 1.04 bits per heavy atom. The molecule has 0 radical (unpaired) electrons. The lowest BCUT2D eigenvalue weighted by molar-refractivity contribution is -0.129. The van der Waals surface area contributed by atoms with E-state index in [1.54, 1.807) is 12.1 Å². The van der Waals surface area contributed by atoms with Crippen molar-refractivity contribution < 1.29 is 9.18 Å². The number of piperazine rings is 1. The van der Waals surface area contributed by atoms with Gasteiger partial charge in [0, 0.05) is 31.9 Å². The minimum absolute atomic E-state index is 0.0803. The second kappa shape index (κ2) is 8.21. The van der Waals surface area contributed by atoms with E-state index in [1.165, 1.54) is 11.6 Å². The van der Waals surface area contributed by atoms with Crippen LogP contribution in [0.1, 0.15) is 25.3 Å². The van der Waals surface area contributed by atoms with Crippen LogP contribution < -0.4 is 10.2 Å². The molecule has 1 aliphatic rings. The van der Waals surface area contributed by atoms with E-state index < -0.39 is 0 Å². The lowest BCUT2D eigenvalue weighted by atomic mass is 10.0. The van der Waals surface area contributed by atoms with Crippen molar-refractivity contribution in [1.29, 1.82) is 0 Å².